The SMILES string of the molecule is CC1CC(=O)NC(n2nc(-c3cccs3)cc2NC(=O)c2ccc(F)cc2Cl)N1. The number of anilines is 1. The number of nitrogens with zero attached hydrogens (tertiary/aromatic N) is 2. The molecule has 10 heteroatoms. The molecule has 0 saturated carbocycles. The second-order valence-electron chi connectivity index (χ2n) is 6.66. The molecular formula is C19H17ClFN5O2S. The predicted octanol–water partition coefficient (Wildman–Crippen LogP) is 3.61. The fourth-order valence-electron chi connectivity index (χ4n) is 3.08. The van der Waals surface area contributed by atoms with Crippen molar-refractivity contribution < 1.29 is 14.0 Å². The number of nitrogens with one attached hydrogen (secondary N) is 3. The topological polar surface area (TPSA) is 88.1 Å². The van der Waals surface area contributed by atoms with Crippen LogP contribution in [0.3, 0.4) is 0 Å². The number of carbonyl (C=O) groups excluding carboxylic acids is 2. The summed E-state index contributed by atoms with van der Waals surface area (Å²) in [6, 6.07) is 9.03. The third-order valence-electron chi connectivity index (χ3n) is 4.40. The van der Waals surface area contributed by atoms with E-state index in [1.165, 1.54) is 28.2 Å². The summed E-state index contributed by atoms with van der Waals surface area (Å²) in [5.74, 6) is -0.789. The summed E-state index contributed by atoms with van der Waals surface area (Å²) in [5, 5.41) is 15.3. The van der Waals surface area contributed by atoms with Crippen LogP contribution in [-0.4, -0.2) is 27.6 Å². The first-order valence-electron chi connectivity index (χ1n) is 8.86. The molecule has 0 spiro atoms. The number of amides is 2. The van der Waals surface area contributed by atoms with E-state index in [1.54, 1.807) is 6.07 Å². The van der Waals surface area contributed by atoms with Gasteiger partial charge in [-0.15, -0.1) is 11.3 Å². The maximum Gasteiger partial charge on any atom is 0.258 e. The molecule has 3 aromatic rings. The lowest BCUT2D eigenvalue weighted by atomic mass is 10.2. The average molecular weight is 434 g/mol. The molecule has 29 heavy (non-hydrogen) atoms. The molecule has 0 radical (unpaired) electrons. The van der Waals surface area contributed by atoms with Crippen LogP contribution in [0.4, 0.5) is 10.2 Å². The zero-order valence-electron chi connectivity index (χ0n) is 15.3. The van der Waals surface area contributed by atoms with Gasteiger partial charge in [0.1, 0.15) is 17.3 Å². The lowest BCUT2D eigenvalue weighted by molar-refractivity contribution is -0.125. The van der Waals surface area contributed by atoms with Crippen LogP contribution in [0.5, 0.6) is 0 Å². The van der Waals surface area contributed by atoms with Gasteiger partial charge in [0.15, 0.2) is 6.29 Å². The number of halogens is 2. The quantitative estimate of drug-likeness (QED) is 0.586. The van der Waals surface area contributed by atoms with Crippen molar-refractivity contribution in [1.29, 1.82) is 0 Å². The second kappa shape index (κ2) is 7.94. The molecule has 3 N–H and O–H groups in total. The molecule has 2 amide bonds. The summed E-state index contributed by atoms with van der Waals surface area (Å²) in [5.41, 5.74) is 0.780. The van der Waals surface area contributed by atoms with Gasteiger partial charge >= 0.3 is 0 Å². The van der Waals surface area contributed by atoms with Gasteiger partial charge in [0.2, 0.25) is 5.91 Å². The largest absolute Gasteiger partial charge is 0.322 e. The van der Waals surface area contributed by atoms with E-state index in [9.17, 15) is 14.0 Å². The fraction of sp³-hybridized carbons (Fsp3) is 0.211. The molecule has 0 bridgehead atoms. The Labute approximate surface area is 174 Å². The molecule has 1 aliphatic rings. The summed E-state index contributed by atoms with van der Waals surface area (Å²) >= 11 is 7.52. The van der Waals surface area contributed by atoms with E-state index in [0.717, 1.165) is 10.9 Å². The maximum absolute atomic E-state index is 13.3. The van der Waals surface area contributed by atoms with Gasteiger partial charge in [-0.05, 0) is 36.6 Å². The Bertz CT molecular complexity index is 1070. The van der Waals surface area contributed by atoms with Gasteiger partial charge < -0.3 is 10.6 Å². The van der Waals surface area contributed by atoms with Crippen molar-refractivity contribution in [2.24, 2.45) is 0 Å². The Kier molecular flexibility index (Phi) is 5.35. The normalized spacial score (nSPS) is 19.1. The van der Waals surface area contributed by atoms with Crippen LogP contribution >= 0.6 is 22.9 Å². The average Bonchev–Trinajstić information content (AvgIpc) is 3.30. The molecule has 2 aromatic heterocycles. The van der Waals surface area contributed by atoms with Gasteiger partial charge in [0.25, 0.3) is 5.91 Å². The van der Waals surface area contributed by atoms with E-state index in [2.05, 4.69) is 21.0 Å². The fourth-order valence-corrected chi connectivity index (χ4v) is 4.01. The Hall–Kier alpha value is -2.75. The number of rotatable bonds is 4. The van der Waals surface area contributed by atoms with E-state index in [1.807, 2.05) is 24.4 Å². The van der Waals surface area contributed by atoms with Crippen molar-refractivity contribution in [3.8, 4) is 10.6 Å². The maximum atomic E-state index is 13.3. The van der Waals surface area contributed by atoms with E-state index >= 15 is 0 Å². The molecule has 150 valence electrons. The number of benzene rings is 1. The highest BCUT2D eigenvalue weighted by Gasteiger charge is 2.27. The summed E-state index contributed by atoms with van der Waals surface area (Å²) in [6.45, 7) is 1.89. The van der Waals surface area contributed by atoms with E-state index < -0.39 is 18.0 Å². The molecular weight excluding hydrogens is 417 g/mol. The number of thiophene rings is 1. The zero-order valence-corrected chi connectivity index (χ0v) is 16.9. The summed E-state index contributed by atoms with van der Waals surface area (Å²) in [7, 11) is 0. The van der Waals surface area contributed by atoms with Crippen molar-refractivity contribution in [2.75, 3.05) is 5.32 Å². The summed E-state index contributed by atoms with van der Waals surface area (Å²) < 4.78 is 14.8. The number of carbonyl (C=O) groups is 2. The molecule has 1 aromatic carbocycles. The van der Waals surface area contributed by atoms with Crippen molar-refractivity contribution in [3.63, 3.8) is 0 Å². The minimum absolute atomic E-state index is 0.00441. The van der Waals surface area contributed by atoms with E-state index in [-0.39, 0.29) is 22.5 Å². The van der Waals surface area contributed by atoms with Crippen LogP contribution in [0.25, 0.3) is 10.6 Å². The van der Waals surface area contributed by atoms with Gasteiger partial charge in [0, 0.05) is 18.5 Å². The Morgan fingerprint density at radius 1 is 1.38 bits per heavy atom. The van der Waals surface area contributed by atoms with Crippen molar-refractivity contribution in [2.45, 2.75) is 25.7 Å². The lowest BCUT2D eigenvalue weighted by Crippen LogP contribution is -2.52. The Morgan fingerprint density at radius 2 is 2.21 bits per heavy atom. The van der Waals surface area contributed by atoms with Crippen LogP contribution in [-0.2, 0) is 4.79 Å². The summed E-state index contributed by atoms with van der Waals surface area (Å²) in [6.07, 6.45) is -0.276. The third kappa shape index (κ3) is 4.16. The van der Waals surface area contributed by atoms with Crippen LogP contribution in [0.15, 0.2) is 41.8 Å². The van der Waals surface area contributed by atoms with Gasteiger partial charge in [-0.2, -0.15) is 5.10 Å². The number of hydrogen-bond donors (Lipinski definition) is 3. The second-order valence-corrected chi connectivity index (χ2v) is 8.01. The molecule has 4 rings (SSSR count). The first-order chi connectivity index (χ1) is 13.9. The molecule has 0 aliphatic carbocycles. The molecule has 1 saturated heterocycles. The molecule has 2 atom stereocenters. The highest BCUT2D eigenvalue weighted by atomic mass is 35.5. The minimum atomic E-state index is -0.626. The van der Waals surface area contributed by atoms with Gasteiger partial charge in [0.05, 0.1) is 15.5 Å². The lowest BCUT2D eigenvalue weighted by Gasteiger charge is -2.30. The van der Waals surface area contributed by atoms with Crippen molar-refractivity contribution in [1.82, 2.24) is 20.4 Å². The van der Waals surface area contributed by atoms with Crippen LogP contribution < -0.4 is 16.0 Å². The van der Waals surface area contributed by atoms with Gasteiger partial charge in [-0.3, -0.25) is 14.9 Å². The van der Waals surface area contributed by atoms with E-state index in [0.29, 0.717) is 17.9 Å². The van der Waals surface area contributed by atoms with Crippen LogP contribution in [0.1, 0.15) is 30.0 Å². The first kappa shape index (κ1) is 19.6. The van der Waals surface area contributed by atoms with Crippen molar-refractivity contribution in [3.05, 3.63) is 58.2 Å². The molecule has 7 nitrogen and oxygen atoms in total. The Morgan fingerprint density at radius 3 is 2.90 bits per heavy atom. The monoisotopic (exact) mass is 433 g/mol. The third-order valence-corrected chi connectivity index (χ3v) is 5.61. The highest BCUT2D eigenvalue weighted by molar-refractivity contribution is 7.13. The molecule has 2 unspecified atom stereocenters. The van der Waals surface area contributed by atoms with Crippen LogP contribution in [0, 0.1) is 5.82 Å². The number of aromatic nitrogens is 2. The smallest absolute Gasteiger partial charge is 0.258 e. The Balaban J connectivity index is 1.69. The molecule has 3 heterocycles. The minimum Gasteiger partial charge on any atom is -0.322 e. The number of hydrogen-bond acceptors (Lipinski definition) is 5. The van der Waals surface area contributed by atoms with Crippen LogP contribution in [0.2, 0.25) is 5.02 Å². The first-order valence-corrected chi connectivity index (χ1v) is 10.1. The predicted molar refractivity (Wildman–Crippen MR) is 109 cm³/mol. The molecule has 1 aliphatic heterocycles. The van der Waals surface area contributed by atoms with Crippen molar-refractivity contribution >= 4 is 40.6 Å². The standard InChI is InChI=1S/C19H17ClFN5O2S/c1-10-7-17(27)24-19(22-10)26-16(9-14(25-26)15-3-2-6-29-15)23-18(28)12-5-4-11(21)8-13(12)20/h2-6,8-10,19,22H,7H2,1H3,(H,23,28)(H,24,27). The summed E-state index contributed by atoms with van der Waals surface area (Å²) in [4.78, 5) is 25.6. The highest BCUT2D eigenvalue weighted by Crippen LogP contribution is 2.28. The van der Waals surface area contributed by atoms with Gasteiger partial charge in [-0.1, -0.05) is 17.7 Å². The molecule has 1 fully saturated rings. The zero-order chi connectivity index (χ0) is 20.5. The van der Waals surface area contributed by atoms with E-state index in [4.69, 9.17) is 11.6 Å². The van der Waals surface area contributed by atoms with Gasteiger partial charge in [-0.25, -0.2) is 9.07 Å².